The molecule has 0 saturated carbocycles. The van der Waals surface area contributed by atoms with Gasteiger partial charge in [0.25, 0.3) is 0 Å². The Kier molecular flexibility index (Phi) is 22.6. The molecule has 0 radical (unpaired) electrons. The highest BCUT2D eigenvalue weighted by Crippen LogP contribution is 2.15. The molecule has 0 aliphatic rings. The van der Waals surface area contributed by atoms with Gasteiger partial charge in [-0.05, 0) is 76.8 Å². The number of carboxylic acids is 1. The molecule has 0 aliphatic heterocycles. The predicted molar refractivity (Wildman–Crippen MR) is 159 cm³/mol. The maximum Gasteiger partial charge on any atom is 0.407 e. The molecule has 1 rings (SSSR count). The number of carboxylic acid groups (broad SMARTS) is 1. The second-order valence-corrected chi connectivity index (χ2v) is 10.5. The van der Waals surface area contributed by atoms with Crippen LogP contribution in [0.15, 0.2) is 24.8 Å². The van der Waals surface area contributed by atoms with Crippen LogP contribution in [0.2, 0.25) is 0 Å². The number of hydrogen-bond donors (Lipinski definition) is 3. The van der Waals surface area contributed by atoms with Crippen LogP contribution < -0.4 is 11.1 Å². The number of benzene rings is 1. The minimum atomic E-state index is -0.860. The average molecular weight is 551 g/mol. The number of aromatic carboxylic acids is 1. The third-order valence-corrected chi connectivity index (χ3v) is 5.65. The van der Waals surface area contributed by atoms with Gasteiger partial charge >= 0.3 is 18.0 Å². The number of unbranched alkanes of at least 4 members (excludes halogenated alkanes) is 8. The summed E-state index contributed by atoms with van der Waals surface area (Å²) in [6, 6.07) is 3.40. The SMILES string of the molecule is C=CC(=O)OCCCCCCCCCCC.CC(C)(C)OC(=O)NCCN.Cc1cc(C(=O)O)cc(C)c1C. The molecule has 8 heteroatoms. The lowest BCUT2D eigenvalue weighted by Gasteiger charge is -2.19. The highest BCUT2D eigenvalue weighted by molar-refractivity contribution is 5.88. The number of nitrogens with two attached hydrogens (primary N) is 1. The molecule has 1 amide bonds. The molecule has 39 heavy (non-hydrogen) atoms. The van der Waals surface area contributed by atoms with Gasteiger partial charge in [-0.15, -0.1) is 0 Å². The van der Waals surface area contributed by atoms with Gasteiger partial charge in [0, 0.05) is 19.2 Å². The van der Waals surface area contributed by atoms with E-state index in [0.29, 0.717) is 25.3 Å². The summed E-state index contributed by atoms with van der Waals surface area (Å²) < 4.78 is 9.83. The fraction of sp³-hybridized carbons (Fsp3) is 0.645. The lowest BCUT2D eigenvalue weighted by Crippen LogP contribution is -2.35. The second-order valence-electron chi connectivity index (χ2n) is 10.5. The van der Waals surface area contributed by atoms with Crippen molar-refractivity contribution in [1.82, 2.24) is 5.32 Å². The summed E-state index contributed by atoms with van der Waals surface area (Å²) in [5.74, 6) is -1.17. The predicted octanol–water partition coefficient (Wildman–Crippen LogP) is 7.03. The van der Waals surface area contributed by atoms with Crippen LogP contribution in [0.4, 0.5) is 4.79 Å². The number of carbonyl (C=O) groups is 3. The van der Waals surface area contributed by atoms with E-state index in [1.807, 2.05) is 41.5 Å². The van der Waals surface area contributed by atoms with Crippen molar-refractivity contribution in [2.75, 3.05) is 19.7 Å². The van der Waals surface area contributed by atoms with E-state index in [1.165, 1.54) is 56.6 Å². The Labute approximate surface area is 236 Å². The third-order valence-electron chi connectivity index (χ3n) is 5.65. The number of carbonyl (C=O) groups excluding carboxylic acids is 2. The van der Waals surface area contributed by atoms with Crippen molar-refractivity contribution >= 4 is 18.0 Å². The molecule has 1 aromatic rings. The summed E-state index contributed by atoms with van der Waals surface area (Å²) in [6.45, 7) is 18.3. The zero-order valence-electron chi connectivity index (χ0n) is 25.5. The Bertz CT molecular complexity index is 823. The van der Waals surface area contributed by atoms with Gasteiger partial charge in [0.05, 0.1) is 12.2 Å². The molecule has 0 spiro atoms. The molecule has 224 valence electrons. The highest BCUT2D eigenvalue weighted by atomic mass is 16.6. The molecule has 0 bridgehead atoms. The molecule has 0 heterocycles. The van der Waals surface area contributed by atoms with Crippen molar-refractivity contribution in [3.8, 4) is 0 Å². The monoisotopic (exact) mass is 550 g/mol. The van der Waals surface area contributed by atoms with E-state index in [2.05, 4.69) is 18.8 Å². The number of nitrogens with one attached hydrogen (secondary N) is 1. The Morgan fingerprint density at radius 2 is 1.44 bits per heavy atom. The number of esters is 1. The average Bonchev–Trinajstić information content (AvgIpc) is 2.86. The molecular formula is C31H54N2O6. The Morgan fingerprint density at radius 1 is 0.949 bits per heavy atom. The van der Waals surface area contributed by atoms with E-state index in [9.17, 15) is 14.4 Å². The molecule has 0 unspecified atom stereocenters. The van der Waals surface area contributed by atoms with Crippen molar-refractivity contribution in [2.24, 2.45) is 5.73 Å². The lowest BCUT2D eigenvalue weighted by molar-refractivity contribution is -0.137. The number of hydrogen-bond acceptors (Lipinski definition) is 6. The number of rotatable bonds is 14. The van der Waals surface area contributed by atoms with Gasteiger partial charge in [0.15, 0.2) is 0 Å². The van der Waals surface area contributed by atoms with Crippen molar-refractivity contribution < 1.29 is 29.0 Å². The number of ether oxygens (including phenoxy) is 2. The maximum absolute atomic E-state index is 10.8. The number of alkyl carbamates (subject to hydrolysis) is 1. The Balaban J connectivity index is 0. The van der Waals surface area contributed by atoms with Gasteiger partial charge < -0.3 is 25.6 Å². The van der Waals surface area contributed by atoms with E-state index < -0.39 is 17.7 Å². The third kappa shape index (κ3) is 23.9. The first-order valence-corrected chi connectivity index (χ1v) is 14.1. The zero-order chi connectivity index (χ0) is 30.3. The summed E-state index contributed by atoms with van der Waals surface area (Å²) in [4.78, 5) is 32.2. The quantitative estimate of drug-likeness (QED) is 0.129. The largest absolute Gasteiger partial charge is 0.478 e. The molecule has 8 nitrogen and oxygen atoms in total. The molecule has 0 atom stereocenters. The number of amides is 1. The van der Waals surface area contributed by atoms with E-state index in [1.54, 1.807) is 12.1 Å². The Morgan fingerprint density at radius 3 is 1.85 bits per heavy atom. The minimum Gasteiger partial charge on any atom is -0.478 e. The van der Waals surface area contributed by atoms with Crippen LogP contribution in [-0.4, -0.2) is 48.4 Å². The summed E-state index contributed by atoms with van der Waals surface area (Å²) in [5.41, 5.74) is 8.35. The molecule has 4 N–H and O–H groups in total. The van der Waals surface area contributed by atoms with Crippen molar-refractivity contribution in [1.29, 1.82) is 0 Å². The van der Waals surface area contributed by atoms with Crippen LogP contribution in [0.5, 0.6) is 0 Å². The van der Waals surface area contributed by atoms with Gasteiger partial charge in [-0.25, -0.2) is 14.4 Å². The summed E-state index contributed by atoms with van der Waals surface area (Å²) in [5, 5.41) is 11.2. The summed E-state index contributed by atoms with van der Waals surface area (Å²) in [7, 11) is 0. The van der Waals surface area contributed by atoms with Crippen LogP contribution in [0.25, 0.3) is 0 Å². The van der Waals surface area contributed by atoms with Crippen LogP contribution in [0.1, 0.15) is 113 Å². The number of aryl methyl sites for hydroxylation is 2. The fourth-order valence-electron chi connectivity index (χ4n) is 3.29. The molecule has 0 aromatic heterocycles. The van der Waals surface area contributed by atoms with Gasteiger partial charge in [-0.1, -0.05) is 64.9 Å². The van der Waals surface area contributed by atoms with E-state index >= 15 is 0 Å². The van der Waals surface area contributed by atoms with Crippen molar-refractivity contribution in [3.05, 3.63) is 47.0 Å². The molecule has 0 fully saturated rings. The lowest BCUT2D eigenvalue weighted by atomic mass is 10.0. The molecular weight excluding hydrogens is 496 g/mol. The zero-order valence-corrected chi connectivity index (χ0v) is 25.5. The molecule has 0 aliphatic carbocycles. The first-order valence-electron chi connectivity index (χ1n) is 14.1. The minimum absolute atomic E-state index is 0.306. The van der Waals surface area contributed by atoms with Crippen LogP contribution >= 0.6 is 0 Å². The topological polar surface area (TPSA) is 128 Å². The standard InChI is InChI=1S/C14H26O2.C10H12O2.C7H16N2O2/c1-3-5-6-7-8-9-10-11-12-13-16-14(15)4-2;1-6-4-9(10(11)12)5-7(2)8(6)3;1-7(2,3)11-6(10)9-5-4-8/h4H,2-3,5-13H2,1H3;4-5H,1-3H3,(H,11,12);4-5,8H2,1-3H3,(H,9,10). The van der Waals surface area contributed by atoms with Gasteiger partial charge in [0.2, 0.25) is 0 Å². The Hall–Kier alpha value is -2.87. The van der Waals surface area contributed by atoms with Crippen molar-refractivity contribution in [2.45, 2.75) is 112 Å². The summed E-state index contributed by atoms with van der Waals surface area (Å²) in [6.07, 6.45) is 12.3. The second kappa shape index (κ2) is 23.1. The molecule has 1 aromatic carbocycles. The normalized spacial score (nSPS) is 10.3. The van der Waals surface area contributed by atoms with E-state index in [-0.39, 0.29) is 5.97 Å². The van der Waals surface area contributed by atoms with Gasteiger partial charge in [-0.2, -0.15) is 0 Å². The van der Waals surface area contributed by atoms with Crippen LogP contribution in [0.3, 0.4) is 0 Å². The molecule has 0 saturated heterocycles. The first kappa shape index (κ1) is 38.3. The summed E-state index contributed by atoms with van der Waals surface area (Å²) >= 11 is 0. The smallest absolute Gasteiger partial charge is 0.407 e. The van der Waals surface area contributed by atoms with E-state index in [0.717, 1.165) is 24.0 Å². The van der Waals surface area contributed by atoms with Crippen LogP contribution in [-0.2, 0) is 14.3 Å². The van der Waals surface area contributed by atoms with E-state index in [4.69, 9.17) is 20.3 Å². The van der Waals surface area contributed by atoms with Crippen molar-refractivity contribution in [3.63, 3.8) is 0 Å². The maximum atomic E-state index is 10.8. The first-order chi connectivity index (χ1) is 18.3. The highest BCUT2D eigenvalue weighted by Gasteiger charge is 2.15. The van der Waals surface area contributed by atoms with Crippen LogP contribution in [0, 0.1) is 20.8 Å². The fourth-order valence-corrected chi connectivity index (χ4v) is 3.29. The van der Waals surface area contributed by atoms with Gasteiger partial charge in [-0.3, -0.25) is 0 Å². The van der Waals surface area contributed by atoms with Gasteiger partial charge in [0.1, 0.15) is 5.60 Å².